The summed E-state index contributed by atoms with van der Waals surface area (Å²) in [7, 11) is 0. The molecule has 2 aliphatic carbocycles. The molecule has 2 aliphatic rings. The number of nitrogens with one attached hydrogen (secondary N) is 1. The van der Waals surface area contributed by atoms with E-state index in [-0.39, 0.29) is 11.8 Å². The van der Waals surface area contributed by atoms with Crippen LogP contribution in [0.3, 0.4) is 0 Å². The molecule has 17 heavy (non-hydrogen) atoms. The second kappa shape index (κ2) is 3.86. The maximum absolute atomic E-state index is 12.1. The average molecular weight is 229 g/mol. The van der Waals surface area contributed by atoms with Gasteiger partial charge in [0, 0.05) is 11.6 Å². The van der Waals surface area contributed by atoms with Gasteiger partial charge >= 0.3 is 0 Å². The number of carbonyl (C=O) groups excluding carboxylic acids is 1. The molecule has 0 bridgehead atoms. The van der Waals surface area contributed by atoms with Gasteiger partial charge in [-0.05, 0) is 62.1 Å². The van der Waals surface area contributed by atoms with Gasteiger partial charge in [0.1, 0.15) is 0 Å². The molecule has 0 radical (unpaired) electrons. The lowest BCUT2D eigenvalue weighted by Gasteiger charge is -2.14. The fourth-order valence-corrected chi connectivity index (χ4v) is 3.05. The minimum atomic E-state index is 0.228. The van der Waals surface area contributed by atoms with Crippen LogP contribution in [0.5, 0.6) is 0 Å². The third kappa shape index (κ3) is 1.97. The van der Waals surface area contributed by atoms with E-state index in [1.54, 1.807) is 0 Å². The Kier molecular flexibility index (Phi) is 2.46. The Hall–Kier alpha value is -1.31. The number of aryl methyl sites for hydroxylation is 1. The molecule has 2 fully saturated rings. The fraction of sp³-hybridized carbons (Fsp3) is 0.533. The molecule has 2 saturated carbocycles. The van der Waals surface area contributed by atoms with E-state index in [1.807, 2.05) is 12.1 Å². The third-order valence-corrected chi connectivity index (χ3v) is 4.48. The highest BCUT2D eigenvalue weighted by Gasteiger charge is 2.47. The monoisotopic (exact) mass is 229 g/mol. The van der Waals surface area contributed by atoms with Gasteiger partial charge in [-0.15, -0.1) is 0 Å². The van der Waals surface area contributed by atoms with E-state index in [0.717, 1.165) is 30.4 Å². The van der Waals surface area contributed by atoms with E-state index in [4.69, 9.17) is 0 Å². The number of hydrogen-bond donors (Lipinski definition) is 1. The van der Waals surface area contributed by atoms with Crippen molar-refractivity contribution in [1.82, 2.24) is 0 Å². The number of rotatable bonds is 2. The zero-order valence-corrected chi connectivity index (χ0v) is 10.5. The van der Waals surface area contributed by atoms with Crippen molar-refractivity contribution in [3.8, 4) is 0 Å². The number of amides is 1. The lowest BCUT2D eigenvalue weighted by atomic mass is 10.0. The van der Waals surface area contributed by atoms with Crippen molar-refractivity contribution in [1.29, 1.82) is 0 Å². The standard InChI is InChI=1S/C15H19NO/c1-9-4-3-5-14(10(9)2)16-15(17)13-7-11-6-12(11)8-13/h3-5,11-13H,6-8H2,1-2H3,(H,16,17). The average Bonchev–Trinajstić information content (AvgIpc) is 2.92. The maximum Gasteiger partial charge on any atom is 0.227 e. The predicted molar refractivity (Wildman–Crippen MR) is 68.9 cm³/mol. The molecule has 1 aromatic rings. The van der Waals surface area contributed by atoms with Crippen molar-refractivity contribution >= 4 is 11.6 Å². The van der Waals surface area contributed by atoms with Crippen molar-refractivity contribution in [3.63, 3.8) is 0 Å². The molecule has 0 heterocycles. The Labute approximate surface area is 102 Å². The molecule has 0 aliphatic heterocycles. The smallest absolute Gasteiger partial charge is 0.227 e. The van der Waals surface area contributed by atoms with Crippen LogP contribution in [0.1, 0.15) is 30.4 Å². The van der Waals surface area contributed by atoms with Crippen LogP contribution in [0.2, 0.25) is 0 Å². The Morgan fingerprint density at radius 2 is 1.88 bits per heavy atom. The quantitative estimate of drug-likeness (QED) is 0.828. The van der Waals surface area contributed by atoms with Crippen LogP contribution >= 0.6 is 0 Å². The van der Waals surface area contributed by atoms with Gasteiger partial charge in [-0.25, -0.2) is 0 Å². The molecule has 2 heteroatoms. The Morgan fingerprint density at radius 1 is 1.18 bits per heavy atom. The van der Waals surface area contributed by atoms with Crippen LogP contribution in [-0.2, 0) is 4.79 Å². The van der Waals surface area contributed by atoms with E-state index in [9.17, 15) is 4.79 Å². The van der Waals surface area contributed by atoms with Gasteiger partial charge in [-0.1, -0.05) is 12.1 Å². The lowest BCUT2D eigenvalue weighted by molar-refractivity contribution is -0.120. The van der Waals surface area contributed by atoms with Crippen LogP contribution in [0, 0.1) is 31.6 Å². The summed E-state index contributed by atoms with van der Waals surface area (Å²) in [5.41, 5.74) is 3.40. The molecular formula is C15H19NO. The van der Waals surface area contributed by atoms with Crippen LogP contribution < -0.4 is 5.32 Å². The molecule has 2 atom stereocenters. The minimum Gasteiger partial charge on any atom is -0.326 e. The van der Waals surface area contributed by atoms with Gasteiger partial charge in [-0.3, -0.25) is 4.79 Å². The SMILES string of the molecule is Cc1cccc(NC(=O)C2CC3CC3C2)c1C. The molecule has 0 spiro atoms. The number of benzene rings is 1. The zero-order chi connectivity index (χ0) is 12.0. The van der Waals surface area contributed by atoms with Crippen LogP contribution in [0.4, 0.5) is 5.69 Å². The normalized spacial score (nSPS) is 29.9. The molecule has 1 aromatic carbocycles. The first-order chi connectivity index (χ1) is 8.15. The molecular weight excluding hydrogens is 210 g/mol. The van der Waals surface area contributed by atoms with Crippen molar-refractivity contribution in [2.45, 2.75) is 33.1 Å². The van der Waals surface area contributed by atoms with Crippen LogP contribution in [-0.4, -0.2) is 5.91 Å². The number of carbonyl (C=O) groups is 1. The largest absolute Gasteiger partial charge is 0.326 e. The van der Waals surface area contributed by atoms with Crippen molar-refractivity contribution < 1.29 is 4.79 Å². The predicted octanol–water partition coefficient (Wildman–Crippen LogP) is 3.29. The van der Waals surface area contributed by atoms with Gasteiger partial charge in [0.25, 0.3) is 0 Å². The highest BCUT2D eigenvalue weighted by molar-refractivity contribution is 5.93. The highest BCUT2D eigenvalue weighted by atomic mass is 16.1. The summed E-state index contributed by atoms with van der Waals surface area (Å²) in [5, 5.41) is 3.10. The first-order valence-electron chi connectivity index (χ1n) is 6.52. The summed E-state index contributed by atoms with van der Waals surface area (Å²) in [4.78, 5) is 12.1. The minimum absolute atomic E-state index is 0.228. The van der Waals surface area contributed by atoms with E-state index < -0.39 is 0 Å². The molecule has 2 nitrogen and oxygen atoms in total. The van der Waals surface area contributed by atoms with Crippen molar-refractivity contribution in [2.24, 2.45) is 17.8 Å². The van der Waals surface area contributed by atoms with Gasteiger partial charge in [0.15, 0.2) is 0 Å². The molecule has 1 amide bonds. The van der Waals surface area contributed by atoms with Crippen molar-refractivity contribution in [2.75, 3.05) is 5.32 Å². The summed E-state index contributed by atoms with van der Waals surface area (Å²) in [5.74, 6) is 2.22. The van der Waals surface area contributed by atoms with Gasteiger partial charge in [0.05, 0.1) is 0 Å². The fourth-order valence-electron chi connectivity index (χ4n) is 3.05. The number of fused-ring (bicyclic) bond motifs is 1. The summed E-state index contributed by atoms with van der Waals surface area (Å²) >= 11 is 0. The molecule has 1 N–H and O–H groups in total. The molecule has 0 aromatic heterocycles. The summed E-state index contributed by atoms with van der Waals surface area (Å²) < 4.78 is 0. The molecule has 0 saturated heterocycles. The summed E-state index contributed by atoms with van der Waals surface area (Å²) in [6, 6.07) is 6.08. The Bertz CT molecular complexity index is 456. The second-order valence-electron chi connectivity index (χ2n) is 5.66. The second-order valence-corrected chi connectivity index (χ2v) is 5.66. The number of anilines is 1. The highest BCUT2D eigenvalue weighted by Crippen LogP contribution is 2.54. The molecule has 3 rings (SSSR count). The lowest BCUT2D eigenvalue weighted by Crippen LogP contribution is -2.22. The summed E-state index contributed by atoms with van der Waals surface area (Å²) in [6.07, 6.45) is 3.59. The van der Waals surface area contributed by atoms with Crippen LogP contribution in [0.25, 0.3) is 0 Å². The Morgan fingerprint density at radius 3 is 2.59 bits per heavy atom. The van der Waals surface area contributed by atoms with E-state index >= 15 is 0 Å². The van der Waals surface area contributed by atoms with Gasteiger partial charge in [-0.2, -0.15) is 0 Å². The van der Waals surface area contributed by atoms with E-state index in [0.29, 0.717) is 0 Å². The zero-order valence-electron chi connectivity index (χ0n) is 10.5. The van der Waals surface area contributed by atoms with Gasteiger partial charge < -0.3 is 5.32 Å². The number of hydrogen-bond acceptors (Lipinski definition) is 1. The van der Waals surface area contributed by atoms with E-state index in [2.05, 4.69) is 25.2 Å². The van der Waals surface area contributed by atoms with Crippen LogP contribution in [0.15, 0.2) is 18.2 Å². The first-order valence-corrected chi connectivity index (χ1v) is 6.52. The third-order valence-electron chi connectivity index (χ3n) is 4.48. The van der Waals surface area contributed by atoms with E-state index in [1.165, 1.54) is 17.5 Å². The maximum atomic E-state index is 12.1. The molecule has 2 unspecified atom stereocenters. The Balaban J connectivity index is 1.69. The molecule has 90 valence electrons. The topological polar surface area (TPSA) is 29.1 Å². The first kappa shape index (κ1) is 10.8. The van der Waals surface area contributed by atoms with Crippen molar-refractivity contribution in [3.05, 3.63) is 29.3 Å². The summed E-state index contributed by atoms with van der Waals surface area (Å²) in [6.45, 7) is 4.15. The van der Waals surface area contributed by atoms with Gasteiger partial charge in [0.2, 0.25) is 5.91 Å².